The normalized spacial score (nSPS) is 9.20. The van der Waals surface area contributed by atoms with Crippen LogP contribution in [0.3, 0.4) is 0 Å². The summed E-state index contributed by atoms with van der Waals surface area (Å²) in [6.45, 7) is 0. The maximum absolute atomic E-state index is 11.3. The van der Waals surface area contributed by atoms with Crippen molar-refractivity contribution >= 4 is 28.6 Å². The summed E-state index contributed by atoms with van der Waals surface area (Å²) in [4.78, 5) is 11.3. The van der Waals surface area contributed by atoms with Crippen molar-refractivity contribution in [1.29, 1.82) is 5.26 Å². The molecule has 0 fully saturated rings. The van der Waals surface area contributed by atoms with E-state index in [1.807, 2.05) is 28.7 Å². The minimum Gasteiger partial charge on any atom is -0.494 e. The molecule has 78 valence electrons. The van der Waals surface area contributed by atoms with Crippen LogP contribution < -0.4 is 4.74 Å². The number of hydrogen-bond donors (Lipinski definition) is 0. The number of esters is 1. The van der Waals surface area contributed by atoms with Crippen LogP contribution in [0.25, 0.3) is 0 Å². The van der Waals surface area contributed by atoms with E-state index in [1.54, 1.807) is 6.07 Å². The topological polar surface area (TPSA) is 59.3 Å². The van der Waals surface area contributed by atoms with Gasteiger partial charge in [0, 0.05) is 0 Å². The van der Waals surface area contributed by atoms with Gasteiger partial charge in [-0.25, -0.2) is 4.79 Å². The molecule has 0 N–H and O–H groups in total. The van der Waals surface area contributed by atoms with E-state index >= 15 is 0 Å². The molecule has 0 saturated carbocycles. The molecule has 4 nitrogen and oxygen atoms in total. The van der Waals surface area contributed by atoms with Crippen molar-refractivity contribution in [3.63, 3.8) is 0 Å². The van der Waals surface area contributed by atoms with E-state index < -0.39 is 5.97 Å². The van der Waals surface area contributed by atoms with Crippen molar-refractivity contribution in [2.75, 3.05) is 14.2 Å². The summed E-state index contributed by atoms with van der Waals surface area (Å²) >= 11 is 1.95. The molecule has 0 saturated heterocycles. The predicted molar refractivity (Wildman–Crippen MR) is 61.8 cm³/mol. The monoisotopic (exact) mass is 317 g/mol. The highest BCUT2D eigenvalue weighted by molar-refractivity contribution is 14.1. The van der Waals surface area contributed by atoms with Crippen LogP contribution in [0.5, 0.6) is 5.75 Å². The first-order valence-corrected chi connectivity index (χ1v) is 5.08. The second-order valence-electron chi connectivity index (χ2n) is 2.61. The van der Waals surface area contributed by atoms with Crippen LogP contribution in [0.15, 0.2) is 12.1 Å². The molecule has 0 aromatic heterocycles. The molecule has 1 rings (SSSR count). The van der Waals surface area contributed by atoms with Gasteiger partial charge in [-0.1, -0.05) is 0 Å². The lowest BCUT2D eigenvalue weighted by Crippen LogP contribution is -2.06. The van der Waals surface area contributed by atoms with Crippen LogP contribution in [-0.2, 0) is 4.74 Å². The standard InChI is InChI=1S/C10H8INO3/c1-14-9-6(5-12)3-4-7(8(9)11)10(13)15-2/h3-4H,1-2H3. The van der Waals surface area contributed by atoms with Crippen molar-refractivity contribution < 1.29 is 14.3 Å². The number of ether oxygens (including phenoxy) is 2. The fraction of sp³-hybridized carbons (Fsp3) is 0.200. The Kier molecular flexibility index (Phi) is 3.91. The number of rotatable bonds is 2. The summed E-state index contributed by atoms with van der Waals surface area (Å²) in [5.74, 6) is -0.0387. The highest BCUT2D eigenvalue weighted by Crippen LogP contribution is 2.28. The molecule has 0 unspecified atom stereocenters. The lowest BCUT2D eigenvalue weighted by Gasteiger charge is -2.08. The number of carbonyl (C=O) groups is 1. The molecule has 0 aliphatic heterocycles. The molecule has 1 aromatic carbocycles. The molecule has 0 aliphatic rings. The van der Waals surface area contributed by atoms with E-state index in [2.05, 4.69) is 4.74 Å². The van der Waals surface area contributed by atoms with Crippen LogP contribution >= 0.6 is 22.6 Å². The molecular formula is C10H8INO3. The smallest absolute Gasteiger partial charge is 0.339 e. The number of halogens is 1. The molecule has 0 radical (unpaired) electrons. The minimum absolute atomic E-state index is 0.397. The highest BCUT2D eigenvalue weighted by atomic mass is 127. The van der Waals surface area contributed by atoms with Crippen molar-refractivity contribution in [1.82, 2.24) is 0 Å². The quantitative estimate of drug-likeness (QED) is 0.618. The van der Waals surface area contributed by atoms with Crippen LogP contribution in [0.1, 0.15) is 15.9 Å². The van der Waals surface area contributed by atoms with Gasteiger partial charge in [-0.15, -0.1) is 0 Å². The van der Waals surface area contributed by atoms with Gasteiger partial charge >= 0.3 is 5.97 Å². The molecule has 15 heavy (non-hydrogen) atoms. The molecule has 0 amide bonds. The minimum atomic E-state index is -0.442. The number of nitriles is 1. The zero-order chi connectivity index (χ0) is 11.4. The van der Waals surface area contributed by atoms with Gasteiger partial charge in [0.15, 0.2) is 5.75 Å². The summed E-state index contributed by atoms with van der Waals surface area (Å²) in [6.07, 6.45) is 0. The van der Waals surface area contributed by atoms with Gasteiger partial charge in [0.25, 0.3) is 0 Å². The largest absolute Gasteiger partial charge is 0.494 e. The first-order valence-electron chi connectivity index (χ1n) is 4.00. The van der Waals surface area contributed by atoms with Crippen LogP contribution in [0, 0.1) is 14.9 Å². The first kappa shape index (κ1) is 11.8. The van der Waals surface area contributed by atoms with Gasteiger partial charge in [0.2, 0.25) is 0 Å². The van der Waals surface area contributed by atoms with Crippen LogP contribution in [0.2, 0.25) is 0 Å². The molecule has 0 aliphatic carbocycles. The summed E-state index contributed by atoms with van der Waals surface area (Å²) in [7, 11) is 2.77. The number of carbonyl (C=O) groups excluding carboxylic acids is 1. The average molecular weight is 317 g/mol. The maximum Gasteiger partial charge on any atom is 0.339 e. The second kappa shape index (κ2) is 4.98. The van der Waals surface area contributed by atoms with Crippen molar-refractivity contribution in [2.24, 2.45) is 0 Å². The Morgan fingerprint density at radius 3 is 2.60 bits per heavy atom. The Morgan fingerprint density at radius 1 is 1.47 bits per heavy atom. The van der Waals surface area contributed by atoms with E-state index in [1.165, 1.54) is 20.3 Å². The molecule has 0 bridgehead atoms. The van der Waals surface area contributed by atoms with Gasteiger partial charge in [-0.2, -0.15) is 5.26 Å². The third kappa shape index (κ3) is 2.21. The van der Waals surface area contributed by atoms with Gasteiger partial charge in [-0.3, -0.25) is 0 Å². The summed E-state index contributed by atoms with van der Waals surface area (Å²) in [6, 6.07) is 5.07. The Morgan fingerprint density at radius 2 is 2.13 bits per heavy atom. The zero-order valence-corrected chi connectivity index (χ0v) is 10.4. The zero-order valence-electron chi connectivity index (χ0n) is 8.20. The predicted octanol–water partition coefficient (Wildman–Crippen LogP) is 1.96. The Balaban J connectivity index is 3.37. The van der Waals surface area contributed by atoms with Gasteiger partial charge in [0.05, 0.1) is 28.9 Å². The summed E-state index contributed by atoms with van der Waals surface area (Å²) in [5.41, 5.74) is 0.795. The highest BCUT2D eigenvalue weighted by Gasteiger charge is 2.17. The molecule has 0 heterocycles. The SMILES string of the molecule is COC(=O)c1ccc(C#N)c(OC)c1I. The Bertz CT molecular complexity index is 437. The van der Waals surface area contributed by atoms with Gasteiger partial charge in [-0.05, 0) is 34.7 Å². The lowest BCUT2D eigenvalue weighted by atomic mass is 10.1. The van der Waals surface area contributed by atoms with Crippen LogP contribution in [0.4, 0.5) is 0 Å². The Hall–Kier alpha value is -1.29. The molecule has 0 atom stereocenters. The number of hydrogen-bond acceptors (Lipinski definition) is 4. The summed E-state index contributed by atoms with van der Waals surface area (Å²) < 4.78 is 10.3. The first-order chi connectivity index (χ1) is 7.15. The van der Waals surface area contributed by atoms with E-state index in [-0.39, 0.29) is 0 Å². The maximum atomic E-state index is 11.3. The summed E-state index contributed by atoms with van der Waals surface area (Å²) in [5, 5.41) is 8.81. The second-order valence-corrected chi connectivity index (χ2v) is 3.69. The molecule has 5 heteroatoms. The fourth-order valence-electron chi connectivity index (χ4n) is 1.11. The van der Waals surface area contributed by atoms with Crippen molar-refractivity contribution in [3.8, 4) is 11.8 Å². The van der Waals surface area contributed by atoms with Crippen molar-refractivity contribution in [3.05, 3.63) is 26.8 Å². The van der Waals surface area contributed by atoms with E-state index in [0.29, 0.717) is 20.4 Å². The van der Waals surface area contributed by atoms with E-state index in [0.717, 1.165) is 0 Å². The molecule has 1 aromatic rings. The van der Waals surface area contributed by atoms with Crippen LogP contribution in [-0.4, -0.2) is 20.2 Å². The average Bonchev–Trinajstić information content (AvgIpc) is 2.27. The van der Waals surface area contributed by atoms with Gasteiger partial charge in [0.1, 0.15) is 6.07 Å². The number of benzene rings is 1. The molecular weight excluding hydrogens is 309 g/mol. The molecule has 0 spiro atoms. The van der Waals surface area contributed by atoms with Gasteiger partial charge < -0.3 is 9.47 Å². The van der Waals surface area contributed by atoms with E-state index in [4.69, 9.17) is 10.00 Å². The Labute approximate surface area is 101 Å². The fourth-order valence-corrected chi connectivity index (χ4v) is 2.02. The van der Waals surface area contributed by atoms with Crippen molar-refractivity contribution in [2.45, 2.75) is 0 Å². The van der Waals surface area contributed by atoms with E-state index in [9.17, 15) is 4.79 Å². The third-order valence-corrected chi connectivity index (χ3v) is 2.90. The lowest BCUT2D eigenvalue weighted by molar-refractivity contribution is 0.0599. The third-order valence-electron chi connectivity index (χ3n) is 1.83. The number of methoxy groups -OCH3 is 2. The number of nitrogens with zero attached hydrogens (tertiary/aromatic N) is 1.